The fraction of sp³-hybridized carbons (Fsp3) is 0.435. The lowest BCUT2D eigenvalue weighted by Crippen LogP contribution is -2.38. The van der Waals surface area contributed by atoms with Gasteiger partial charge in [0.1, 0.15) is 11.9 Å². The smallest absolute Gasteiger partial charge is 0.265 e. The molecule has 0 spiro atoms. The summed E-state index contributed by atoms with van der Waals surface area (Å²) >= 11 is 1.33. The Bertz CT molecular complexity index is 855. The minimum atomic E-state index is -1.29. The van der Waals surface area contributed by atoms with Gasteiger partial charge in [-0.25, -0.2) is 4.39 Å². The maximum absolute atomic E-state index is 14.9. The Hall–Kier alpha value is -2.50. The summed E-state index contributed by atoms with van der Waals surface area (Å²) in [6.45, 7) is 11.3. The van der Waals surface area contributed by atoms with E-state index in [1.54, 1.807) is 18.2 Å². The second kappa shape index (κ2) is 10.5. The van der Waals surface area contributed by atoms with Gasteiger partial charge < -0.3 is 15.8 Å². The molecule has 1 amide bonds. The summed E-state index contributed by atoms with van der Waals surface area (Å²) in [5.41, 5.74) is 9.50. The molecule has 0 saturated carbocycles. The Kier molecular flexibility index (Phi) is 8.33. The largest absolute Gasteiger partial charge is 0.480 e. The quantitative estimate of drug-likeness (QED) is 0.358. The number of nitrogens with zero attached hydrogens (tertiary/aromatic N) is 1. The molecule has 1 aliphatic heterocycles. The minimum absolute atomic E-state index is 0.310. The van der Waals surface area contributed by atoms with Crippen molar-refractivity contribution >= 4 is 22.8 Å². The Morgan fingerprint density at radius 2 is 2.27 bits per heavy atom. The number of nitrogens with one attached hydrogen (secondary N) is 1. The van der Waals surface area contributed by atoms with E-state index in [-0.39, 0.29) is 5.91 Å². The van der Waals surface area contributed by atoms with Gasteiger partial charge in [-0.15, -0.1) is 0 Å². The topological polar surface area (TPSA) is 76.7 Å². The van der Waals surface area contributed by atoms with Gasteiger partial charge in [0.15, 0.2) is 11.3 Å². The predicted molar refractivity (Wildman–Crippen MR) is 123 cm³/mol. The fourth-order valence-electron chi connectivity index (χ4n) is 3.39. The molecule has 2 aliphatic rings. The van der Waals surface area contributed by atoms with E-state index in [2.05, 4.69) is 29.2 Å². The van der Waals surface area contributed by atoms with Crippen molar-refractivity contribution in [2.45, 2.75) is 50.9 Å². The van der Waals surface area contributed by atoms with Crippen LogP contribution in [-0.4, -0.2) is 35.1 Å². The van der Waals surface area contributed by atoms with E-state index in [1.165, 1.54) is 23.9 Å². The van der Waals surface area contributed by atoms with Gasteiger partial charge in [0.25, 0.3) is 5.91 Å². The Labute approximate surface area is 182 Å². The van der Waals surface area contributed by atoms with Crippen molar-refractivity contribution < 1.29 is 13.9 Å². The maximum atomic E-state index is 14.9. The van der Waals surface area contributed by atoms with Crippen LogP contribution in [0.3, 0.4) is 0 Å². The molecule has 0 bridgehead atoms. The molecular formula is C23H30FN3O2S. The second-order valence-corrected chi connectivity index (χ2v) is 8.18. The average molecular weight is 432 g/mol. The second-order valence-electron chi connectivity index (χ2n) is 7.35. The molecule has 0 aromatic rings. The molecular weight excluding hydrogens is 401 g/mol. The van der Waals surface area contributed by atoms with Crippen molar-refractivity contribution in [1.29, 1.82) is 0 Å². The normalized spacial score (nSPS) is 26.2. The molecule has 0 aromatic carbocycles. The fourth-order valence-corrected chi connectivity index (χ4v) is 3.69. The number of aliphatic imine (C=N–C) groups is 1. The van der Waals surface area contributed by atoms with Crippen molar-refractivity contribution in [3.8, 4) is 0 Å². The van der Waals surface area contributed by atoms with Crippen LogP contribution in [0.4, 0.5) is 4.39 Å². The lowest BCUT2D eigenvalue weighted by Gasteiger charge is -2.32. The molecule has 3 N–H and O–H groups in total. The van der Waals surface area contributed by atoms with E-state index in [4.69, 9.17) is 10.5 Å². The lowest BCUT2D eigenvalue weighted by molar-refractivity contribution is -0.130. The molecule has 1 heterocycles. The van der Waals surface area contributed by atoms with E-state index < -0.39 is 23.7 Å². The molecule has 1 aliphatic carbocycles. The summed E-state index contributed by atoms with van der Waals surface area (Å²) in [7, 11) is 0. The highest BCUT2D eigenvalue weighted by Crippen LogP contribution is 2.33. The van der Waals surface area contributed by atoms with Gasteiger partial charge >= 0.3 is 0 Å². The number of hydrogen-bond acceptors (Lipinski definition) is 4. The summed E-state index contributed by atoms with van der Waals surface area (Å²) < 4.78 is 20.7. The summed E-state index contributed by atoms with van der Waals surface area (Å²) in [4.78, 5) is 17.2. The zero-order valence-corrected chi connectivity index (χ0v) is 18.6. The summed E-state index contributed by atoms with van der Waals surface area (Å²) in [5.74, 6) is -0.311. The number of rotatable bonds is 7. The number of hydrogen-bond donors (Lipinski definition) is 2. The molecule has 0 radical (unpaired) electrons. The number of thioether (sulfide) groups is 1. The standard InChI is InChI=1S/C23H30FN3O2S/c1-6-15-9-14-20(29-19(15)7-2)21(28)26-16-10-12-17(18(24)13-11-16)23(4,8-3)27-22(25)30-5/h6-7,11-13,17-18,20H,1-2,8-9,14H2,3-5H3,(H2,25,27)(H,26,28)/t17-,18?,20?,23?/m1/s1. The van der Waals surface area contributed by atoms with Crippen molar-refractivity contribution in [2.24, 2.45) is 16.6 Å². The average Bonchev–Trinajstić information content (AvgIpc) is 2.94. The van der Waals surface area contributed by atoms with Crippen LogP contribution in [-0.2, 0) is 9.53 Å². The zero-order valence-electron chi connectivity index (χ0n) is 17.8. The molecule has 3 unspecified atom stereocenters. The molecule has 162 valence electrons. The highest BCUT2D eigenvalue weighted by molar-refractivity contribution is 8.13. The number of carbonyl (C=O) groups excluding carboxylic acids is 1. The number of nitrogens with two attached hydrogens (primary N) is 1. The summed E-state index contributed by atoms with van der Waals surface area (Å²) in [6.07, 6.45) is 9.55. The monoisotopic (exact) mass is 431 g/mol. The van der Waals surface area contributed by atoms with Crippen molar-refractivity contribution in [2.75, 3.05) is 6.26 Å². The van der Waals surface area contributed by atoms with Crippen LogP contribution in [0.25, 0.3) is 0 Å². The van der Waals surface area contributed by atoms with Crippen molar-refractivity contribution in [1.82, 2.24) is 5.32 Å². The number of amidine groups is 1. The van der Waals surface area contributed by atoms with Crippen LogP contribution in [0.15, 0.2) is 71.3 Å². The van der Waals surface area contributed by atoms with Crippen LogP contribution in [0.2, 0.25) is 0 Å². The SMILES string of the molecule is C=CC1=C(C=C)OC(C(=O)NC2=C=C[C@@H](C(C)(CC)N=C(N)SC)C(F)C=C2)CC1. The van der Waals surface area contributed by atoms with Crippen LogP contribution in [0.1, 0.15) is 33.1 Å². The van der Waals surface area contributed by atoms with Crippen LogP contribution in [0, 0.1) is 5.92 Å². The first-order valence-electron chi connectivity index (χ1n) is 9.91. The third kappa shape index (κ3) is 5.55. The number of halogens is 1. The highest BCUT2D eigenvalue weighted by Gasteiger charge is 2.37. The van der Waals surface area contributed by atoms with Gasteiger partial charge in [0.05, 0.1) is 11.2 Å². The van der Waals surface area contributed by atoms with Crippen LogP contribution < -0.4 is 11.1 Å². The van der Waals surface area contributed by atoms with E-state index in [1.807, 2.05) is 20.1 Å². The maximum Gasteiger partial charge on any atom is 0.265 e. The third-order valence-electron chi connectivity index (χ3n) is 5.46. The zero-order chi connectivity index (χ0) is 22.3. The highest BCUT2D eigenvalue weighted by atomic mass is 32.2. The minimum Gasteiger partial charge on any atom is -0.480 e. The lowest BCUT2D eigenvalue weighted by atomic mass is 9.81. The first-order valence-corrected chi connectivity index (χ1v) is 11.1. The van der Waals surface area contributed by atoms with E-state index in [0.717, 1.165) is 5.57 Å². The van der Waals surface area contributed by atoms with Gasteiger partial charge in [0, 0.05) is 5.92 Å². The Balaban J connectivity index is 2.21. The molecule has 4 atom stereocenters. The Morgan fingerprint density at radius 1 is 1.53 bits per heavy atom. The molecule has 30 heavy (non-hydrogen) atoms. The number of amides is 1. The molecule has 0 saturated heterocycles. The molecule has 7 heteroatoms. The third-order valence-corrected chi connectivity index (χ3v) is 5.97. The van der Waals surface area contributed by atoms with Crippen molar-refractivity contribution in [3.05, 3.63) is 66.3 Å². The number of allylic oxidation sites excluding steroid dienone is 4. The van der Waals surface area contributed by atoms with E-state index in [9.17, 15) is 9.18 Å². The number of carbonyl (C=O) groups is 1. The molecule has 0 fully saturated rings. The Morgan fingerprint density at radius 3 is 2.87 bits per heavy atom. The van der Waals surface area contributed by atoms with Gasteiger partial charge in [-0.1, -0.05) is 43.7 Å². The number of alkyl halides is 1. The predicted octanol–water partition coefficient (Wildman–Crippen LogP) is 4.32. The first-order chi connectivity index (χ1) is 14.3. The van der Waals surface area contributed by atoms with Gasteiger partial charge in [0.2, 0.25) is 0 Å². The van der Waals surface area contributed by atoms with Gasteiger partial charge in [-0.2, -0.15) is 0 Å². The van der Waals surface area contributed by atoms with E-state index >= 15 is 0 Å². The molecule has 0 aromatic heterocycles. The van der Waals surface area contributed by atoms with Gasteiger partial charge in [-0.3, -0.25) is 9.79 Å². The summed E-state index contributed by atoms with van der Waals surface area (Å²) in [6, 6.07) is 0. The molecule has 2 rings (SSSR count). The van der Waals surface area contributed by atoms with Crippen LogP contribution >= 0.6 is 11.8 Å². The summed E-state index contributed by atoms with van der Waals surface area (Å²) in [5, 5.41) is 3.19. The van der Waals surface area contributed by atoms with E-state index in [0.29, 0.717) is 35.9 Å². The van der Waals surface area contributed by atoms with Crippen molar-refractivity contribution in [3.63, 3.8) is 0 Å². The van der Waals surface area contributed by atoms with Gasteiger partial charge in [-0.05, 0) is 62.3 Å². The number of ether oxygens (including phenoxy) is 1. The van der Waals surface area contributed by atoms with Crippen LogP contribution in [0.5, 0.6) is 0 Å². The first kappa shape index (κ1) is 23.8. The molecule has 5 nitrogen and oxygen atoms in total.